The number of rotatable bonds is 3. The summed E-state index contributed by atoms with van der Waals surface area (Å²) in [7, 11) is 1.67. The van der Waals surface area contributed by atoms with Gasteiger partial charge in [0.1, 0.15) is 17.3 Å². The average Bonchev–Trinajstić information content (AvgIpc) is 2.77. The van der Waals surface area contributed by atoms with Crippen molar-refractivity contribution in [3.8, 4) is 0 Å². The number of amides is 1. The monoisotopic (exact) mass is 279 g/mol. The Morgan fingerprint density at radius 2 is 2.11 bits per heavy atom. The van der Waals surface area contributed by atoms with Gasteiger partial charge in [0.2, 0.25) is 0 Å². The van der Waals surface area contributed by atoms with Crippen LogP contribution < -0.4 is 0 Å². The van der Waals surface area contributed by atoms with Gasteiger partial charge in [-0.3, -0.25) is 4.79 Å². The van der Waals surface area contributed by atoms with Gasteiger partial charge in [-0.2, -0.15) is 0 Å². The Morgan fingerprint density at radius 3 is 2.68 bits per heavy atom. The highest BCUT2D eigenvalue weighted by Crippen LogP contribution is 2.16. The second-order valence-electron chi connectivity index (χ2n) is 4.34. The lowest BCUT2D eigenvalue weighted by atomic mass is 10.2. The molecule has 1 amide bonds. The van der Waals surface area contributed by atoms with E-state index in [1.165, 1.54) is 23.1 Å². The molecule has 0 N–H and O–H groups in total. The summed E-state index contributed by atoms with van der Waals surface area (Å²) in [5.74, 6) is 0.866. The second kappa shape index (κ2) is 5.48. The van der Waals surface area contributed by atoms with E-state index in [4.69, 9.17) is 4.42 Å². The maximum Gasteiger partial charge on any atom is 0.254 e. The van der Waals surface area contributed by atoms with Gasteiger partial charge in [-0.1, -0.05) is 0 Å². The molecule has 2 aromatic rings. The Balaban J connectivity index is 2.12. The van der Waals surface area contributed by atoms with Gasteiger partial charge in [0, 0.05) is 17.5 Å². The summed E-state index contributed by atoms with van der Waals surface area (Å²) in [4.78, 5) is 13.8. The lowest BCUT2D eigenvalue weighted by Crippen LogP contribution is -2.26. The quantitative estimate of drug-likeness (QED) is 0.875. The Morgan fingerprint density at radius 1 is 1.37 bits per heavy atom. The fraction of sp³-hybridized carbons (Fsp3) is 0.214. The van der Waals surface area contributed by atoms with Gasteiger partial charge >= 0.3 is 0 Å². The van der Waals surface area contributed by atoms with Gasteiger partial charge in [0.05, 0.1) is 6.54 Å². The highest BCUT2D eigenvalue weighted by atomic mass is 32.1. The Kier molecular flexibility index (Phi) is 3.95. The summed E-state index contributed by atoms with van der Waals surface area (Å²) in [6.07, 6.45) is 0. The number of thiol groups is 1. The summed E-state index contributed by atoms with van der Waals surface area (Å²) in [6.45, 7) is 2.21. The van der Waals surface area contributed by atoms with Crippen molar-refractivity contribution < 1.29 is 13.6 Å². The molecule has 0 aliphatic heterocycles. The van der Waals surface area contributed by atoms with Crippen LogP contribution in [0.2, 0.25) is 0 Å². The fourth-order valence-electron chi connectivity index (χ4n) is 1.74. The van der Waals surface area contributed by atoms with E-state index in [-0.39, 0.29) is 10.8 Å². The first-order valence-electron chi connectivity index (χ1n) is 5.76. The van der Waals surface area contributed by atoms with E-state index in [9.17, 15) is 9.18 Å². The summed E-state index contributed by atoms with van der Waals surface area (Å²) in [5, 5.41) is 0. The molecule has 0 unspecified atom stereocenters. The van der Waals surface area contributed by atoms with Gasteiger partial charge < -0.3 is 9.32 Å². The zero-order valence-electron chi connectivity index (χ0n) is 10.7. The Bertz CT molecular complexity index is 609. The van der Waals surface area contributed by atoms with Crippen molar-refractivity contribution in [1.29, 1.82) is 0 Å². The van der Waals surface area contributed by atoms with Gasteiger partial charge in [0.25, 0.3) is 5.91 Å². The number of hydrogen-bond acceptors (Lipinski definition) is 3. The largest absolute Gasteiger partial charge is 0.464 e. The molecule has 0 aliphatic rings. The molecule has 3 nitrogen and oxygen atoms in total. The van der Waals surface area contributed by atoms with Crippen LogP contribution in [-0.2, 0) is 6.54 Å². The predicted molar refractivity (Wildman–Crippen MR) is 72.9 cm³/mol. The minimum absolute atomic E-state index is 0.160. The van der Waals surface area contributed by atoms with Crippen molar-refractivity contribution >= 4 is 18.5 Å². The second-order valence-corrected chi connectivity index (χ2v) is 4.82. The third-order valence-corrected chi connectivity index (χ3v) is 3.07. The molecule has 0 aliphatic carbocycles. The van der Waals surface area contributed by atoms with Crippen molar-refractivity contribution in [3.63, 3.8) is 0 Å². The topological polar surface area (TPSA) is 33.5 Å². The lowest BCUT2D eigenvalue weighted by molar-refractivity contribution is 0.0774. The number of carbonyl (C=O) groups excluding carboxylic acids is 1. The first-order chi connectivity index (χ1) is 8.97. The highest BCUT2D eigenvalue weighted by Gasteiger charge is 2.14. The molecule has 0 spiro atoms. The van der Waals surface area contributed by atoms with E-state index >= 15 is 0 Å². The summed E-state index contributed by atoms with van der Waals surface area (Å²) < 4.78 is 18.5. The van der Waals surface area contributed by atoms with Crippen LogP contribution in [-0.4, -0.2) is 17.9 Å². The van der Waals surface area contributed by atoms with E-state index in [0.29, 0.717) is 17.9 Å². The summed E-state index contributed by atoms with van der Waals surface area (Å²) in [6, 6.07) is 7.78. The third-order valence-electron chi connectivity index (χ3n) is 2.73. The van der Waals surface area contributed by atoms with Gasteiger partial charge in [-0.25, -0.2) is 4.39 Å². The van der Waals surface area contributed by atoms with Crippen molar-refractivity contribution in [2.24, 2.45) is 0 Å². The number of benzene rings is 1. The smallest absolute Gasteiger partial charge is 0.254 e. The minimum atomic E-state index is -0.441. The molecule has 1 aromatic heterocycles. The maximum absolute atomic E-state index is 13.1. The maximum atomic E-state index is 13.1. The Hall–Kier alpha value is -1.75. The first-order valence-corrected chi connectivity index (χ1v) is 6.21. The van der Waals surface area contributed by atoms with E-state index in [0.717, 1.165) is 5.76 Å². The first kappa shape index (κ1) is 13.7. The van der Waals surface area contributed by atoms with E-state index in [1.54, 1.807) is 7.05 Å². The van der Waals surface area contributed by atoms with E-state index in [1.807, 2.05) is 19.1 Å². The van der Waals surface area contributed by atoms with Crippen LogP contribution in [0.15, 0.2) is 39.6 Å². The van der Waals surface area contributed by atoms with Gasteiger partial charge in [-0.05, 0) is 37.3 Å². The molecule has 5 heteroatoms. The molecule has 1 aromatic carbocycles. The van der Waals surface area contributed by atoms with Crippen LogP contribution in [0.5, 0.6) is 0 Å². The lowest BCUT2D eigenvalue weighted by Gasteiger charge is -2.16. The SMILES string of the molecule is Cc1ccc(CN(C)C(=O)c2ccc(F)c(S)c2)o1. The van der Waals surface area contributed by atoms with Crippen molar-refractivity contribution in [2.45, 2.75) is 18.4 Å². The molecule has 2 rings (SSSR count). The standard InChI is InChI=1S/C14H14FNO2S/c1-9-3-5-11(18-9)8-16(2)14(17)10-4-6-12(15)13(19)7-10/h3-7,19H,8H2,1-2H3. The zero-order valence-corrected chi connectivity index (χ0v) is 11.6. The van der Waals surface area contributed by atoms with Crippen LogP contribution >= 0.6 is 12.6 Å². The molecular formula is C14H14FNO2S. The third kappa shape index (κ3) is 3.17. The molecule has 0 atom stereocenters. The highest BCUT2D eigenvalue weighted by molar-refractivity contribution is 7.80. The zero-order chi connectivity index (χ0) is 14.0. The molecule has 19 heavy (non-hydrogen) atoms. The number of furan rings is 1. The van der Waals surface area contributed by atoms with E-state index in [2.05, 4.69) is 12.6 Å². The molecule has 0 bridgehead atoms. The number of carbonyl (C=O) groups is 1. The molecule has 0 fully saturated rings. The number of aryl methyl sites for hydroxylation is 1. The summed E-state index contributed by atoms with van der Waals surface area (Å²) >= 11 is 3.97. The molecule has 0 radical (unpaired) electrons. The number of nitrogens with zero attached hydrogens (tertiary/aromatic N) is 1. The number of halogens is 1. The Labute approximate surface area is 116 Å². The minimum Gasteiger partial charge on any atom is -0.464 e. The average molecular weight is 279 g/mol. The van der Waals surface area contributed by atoms with Crippen LogP contribution in [0.4, 0.5) is 4.39 Å². The van der Waals surface area contributed by atoms with Crippen LogP contribution in [0, 0.1) is 12.7 Å². The molecule has 100 valence electrons. The predicted octanol–water partition coefficient (Wildman–Crippen LogP) is 3.29. The van der Waals surface area contributed by atoms with Crippen LogP contribution in [0.1, 0.15) is 21.9 Å². The van der Waals surface area contributed by atoms with Gasteiger partial charge in [0.15, 0.2) is 0 Å². The molecule has 1 heterocycles. The van der Waals surface area contributed by atoms with E-state index < -0.39 is 5.82 Å². The molecule has 0 saturated carbocycles. The van der Waals surface area contributed by atoms with Crippen LogP contribution in [0.3, 0.4) is 0 Å². The van der Waals surface area contributed by atoms with Gasteiger partial charge in [-0.15, -0.1) is 12.6 Å². The summed E-state index contributed by atoms with van der Waals surface area (Å²) in [5.41, 5.74) is 0.400. The molecular weight excluding hydrogens is 265 g/mol. The number of hydrogen-bond donors (Lipinski definition) is 1. The normalized spacial score (nSPS) is 10.5. The van der Waals surface area contributed by atoms with Crippen molar-refractivity contribution in [1.82, 2.24) is 4.90 Å². The van der Waals surface area contributed by atoms with Crippen LogP contribution in [0.25, 0.3) is 0 Å². The fourth-order valence-corrected chi connectivity index (χ4v) is 1.96. The van der Waals surface area contributed by atoms with Crippen molar-refractivity contribution in [3.05, 3.63) is 53.2 Å². The van der Waals surface area contributed by atoms with Crippen molar-refractivity contribution in [2.75, 3.05) is 7.05 Å². The molecule has 0 saturated heterocycles.